The van der Waals surface area contributed by atoms with E-state index < -0.39 is 0 Å². The number of hydrogen-bond donors (Lipinski definition) is 0. The summed E-state index contributed by atoms with van der Waals surface area (Å²) in [6.07, 6.45) is 5.05. The second-order valence-corrected chi connectivity index (χ2v) is 12.3. The molecule has 238 valence electrons. The molecule has 0 spiro atoms. The Balaban J connectivity index is 1.50. The molecule has 2 heterocycles. The van der Waals surface area contributed by atoms with Gasteiger partial charge in [-0.1, -0.05) is 19.4 Å². The molecule has 4 rings (SSSR count). The first-order chi connectivity index (χ1) is 21.4. The van der Waals surface area contributed by atoms with Gasteiger partial charge in [-0.3, -0.25) is 9.59 Å². The molecule has 2 aromatic carbocycles. The highest BCUT2D eigenvalue weighted by molar-refractivity contribution is 7.10. The van der Waals surface area contributed by atoms with Gasteiger partial charge in [0.1, 0.15) is 12.3 Å². The van der Waals surface area contributed by atoms with E-state index in [1.807, 2.05) is 35.2 Å². The maximum Gasteiger partial charge on any atom is 0.254 e. The zero-order valence-electron chi connectivity index (χ0n) is 26.7. The summed E-state index contributed by atoms with van der Waals surface area (Å²) in [5, 5.41) is 2.06. The van der Waals surface area contributed by atoms with Gasteiger partial charge in [-0.15, -0.1) is 11.3 Å². The molecule has 1 fully saturated rings. The summed E-state index contributed by atoms with van der Waals surface area (Å²) in [4.78, 5) is 35.0. The number of nitrogens with zero attached hydrogens (tertiary/aromatic N) is 3. The highest BCUT2D eigenvalue weighted by atomic mass is 32.1. The maximum atomic E-state index is 14.0. The fourth-order valence-electron chi connectivity index (χ4n) is 5.33. The molecule has 44 heavy (non-hydrogen) atoms. The minimum Gasteiger partial charge on any atom is -0.494 e. The molecule has 1 aliphatic heterocycles. The highest BCUT2D eigenvalue weighted by Gasteiger charge is 2.25. The number of carbonyl (C=O) groups is 2. The van der Waals surface area contributed by atoms with Crippen LogP contribution in [0.3, 0.4) is 0 Å². The van der Waals surface area contributed by atoms with Crippen LogP contribution in [0.4, 0.5) is 0 Å². The smallest absolute Gasteiger partial charge is 0.254 e. The highest BCUT2D eigenvalue weighted by Crippen LogP contribution is 2.28. The third-order valence-electron chi connectivity index (χ3n) is 8.14. The normalized spacial score (nSPS) is 13.1. The van der Waals surface area contributed by atoms with Crippen molar-refractivity contribution in [2.75, 3.05) is 60.1 Å². The molecule has 0 N–H and O–H groups in total. The third-order valence-corrected chi connectivity index (χ3v) is 9.15. The van der Waals surface area contributed by atoms with Gasteiger partial charge < -0.3 is 28.9 Å². The molecule has 9 heteroatoms. The topological polar surface area (TPSA) is 71.6 Å². The fraction of sp³-hybridized carbons (Fsp3) is 0.486. The third kappa shape index (κ3) is 9.47. The van der Waals surface area contributed by atoms with Crippen molar-refractivity contribution in [2.45, 2.75) is 52.5 Å². The molecule has 1 aromatic heterocycles. The van der Waals surface area contributed by atoms with Gasteiger partial charge in [0, 0.05) is 30.1 Å². The van der Waals surface area contributed by atoms with Crippen molar-refractivity contribution in [3.63, 3.8) is 0 Å². The van der Waals surface area contributed by atoms with Crippen molar-refractivity contribution in [1.29, 1.82) is 0 Å². The lowest BCUT2D eigenvalue weighted by molar-refractivity contribution is -0.132. The van der Waals surface area contributed by atoms with Crippen molar-refractivity contribution >= 4 is 23.2 Å². The zero-order chi connectivity index (χ0) is 31.3. The summed E-state index contributed by atoms with van der Waals surface area (Å²) in [6, 6.07) is 15.2. The lowest BCUT2D eigenvalue weighted by Crippen LogP contribution is -2.45. The van der Waals surface area contributed by atoms with Crippen LogP contribution in [-0.4, -0.2) is 86.6 Å². The fourth-order valence-corrected chi connectivity index (χ4v) is 6.25. The van der Waals surface area contributed by atoms with Crippen molar-refractivity contribution in [1.82, 2.24) is 14.7 Å². The van der Waals surface area contributed by atoms with E-state index in [0.717, 1.165) is 48.7 Å². The summed E-state index contributed by atoms with van der Waals surface area (Å²) < 4.78 is 16.7. The molecule has 0 bridgehead atoms. The minimum absolute atomic E-state index is 0.0256. The molecule has 1 aliphatic rings. The van der Waals surface area contributed by atoms with Gasteiger partial charge in [0.25, 0.3) is 5.91 Å². The van der Waals surface area contributed by atoms with Gasteiger partial charge in [0.05, 0.1) is 27.4 Å². The van der Waals surface area contributed by atoms with E-state index in [1.165, 1.54) is 18.4 Å². The standard InChI is InChI=1S/C35H47N3O5S/c1-5-6-22-43-30-12-10-29(11-13-30)35(40)38(21-20-36-17-7-8-18-36)26-34(39)37(25-33-27(2)16-23-44-33)19-15-28-9-14-31(41-3)32(24-28)42-4/h9-14,16,23-24H,5-8,15,17-22,25-26H2,1-4H3. The Bertz CT molecular complexity index is 1340. The molecule has 0 saturated carbocycles. The van der Waals surface area contributed by atoms with Crippen LogP contribution in [0.5, 0.6) is 17.2 Å². The van der Waals surface area contributed by atoms with Crippen LogP contribution in [0, 0.1) is 6.92 Å². The van der Waals surface area contributed by atoms with E-state index in [9.17, 15) is 9.59 Å². The monoisotopic (exact) mass is 621 g/mol. The number of unbranched alkanes of at least 4 members (excludes halogenated alkanes) is 1. The Labute approximate surface area is 266 Å². The molecule has 2 amide bonds. The number of rotatable bonds is 17. The lowest BCUT2D eigenvalue weighted by Gasteiger charge is -2.29. The van der Waals surface area contributed by atoms with E-state index in [4.69, 9.17) is 14.2 Å². The van der Waals surface area contributed by atoms with Crippen molar-refractivity contribution < 1.29 is 23.8 Å². The number of aryl methyl sites for hydroxylation is 1. The summed E-state index contributed by atoms with van der Waals surface area (Å²) in [5.41, 5.74) is 2.78. The molecule has 0 aliphatic carbocycles. The molecular formula is C35H47N3O5S. The van der Waals surface area contributed by atoms with Crippen LogP contribution in [0.25, 0.3) is 0 Å². The van der Waals surface area contributed by atoms with E-state index in [2.05, 4.69) is 30.2 Å². The number of carbonyl (C=O) groups excluding carboxylic acids is 2. The first kappa shape index (κ1) is 33.3. The summed E-state index contributed by atoms with van der Waals surface area (Å²) in [5.74, 6) is 1.89. The van der Waals surface area contributed by atoms with Gasteiger partial charge >= 0.3 is 0 Å². The predicted molar refractivity (Wildman–Crippen MR) is 176 cm³/mol. The Kier molecular flexibility index (Phi) is 12.9. The molecule has 0 radical (unpaired) electrons. The second kappa shape index (κ2) is 17.1. The van der Waals surface area contributed by atoms with Crippen LogP contribution in [0.2, 0.25) is 0 Å². The molecule has 3 aromatic rings. The Morgan fingerprint density at radius 2 is 1.68 bits per heavy atom. The first-order valence-corrected chi connectivity index (χ1v) is 16.6. The van der Waals surface area contributed by atoms with Crippen LogP contribution in [0.15, 0.2) is 53.9 Å². The van der Waals surface area contributed by atoms with Gasteiger partial charge in [0.15, 0.2) is 11.5 Å². The molecule has 1 saturated heterocycles. The van der Waals surface area contributed by atoms with Crippen LogP contribution in [0.1, 0.15) is 59.0 Å². The summed E-state index contributed by atoms with van der Waals surface area (Å²) in [6.45, 7) is 9.24. The van der Waals surface area contributed by atoms with E-state index in [0.29, 0.717) is 49.7 Å². The Hall–Kier alpha value is -3.56. The first-order valence-electron chi connectivity index (χ1n) is 15.7. The molecule has 0 unspecified atom stereocenters. The van der Waals surface area contributed by atoms with E-state index >= 15 is 0 Å². The molecule has 0 atom stereocenters. The largest absolute Gasteiger partial charge is 0.494 e. The van der Waals surface area contributed by atoms with Gasteiger partial charge in [-0.25, -0.2) is 0 Å². The summed E-state index contributed by atoms with van der Waals surface area (Å²) in [7, 11) is 3.24. The van der Waals surface area contributed by atoms with Crippen LogP contribution >= 0.6 is 11.3 Å². The van der Waals surface area contributed by atoms with Crippen molar-refractivity contribution in [2.24, 2.45) is 0 Å². The average Bonchev–Trinajstić information content (AvgIpc) is 3.72. The van der Waals surface area contributed by atoms with Gasteiger partial charge in [-0.05, 0) is 105 Å². The van der Waals surface area contributed by atoms with Crippen molar-refractivity contribution in [3.05, 3.63) is 75.5 Å². The maximum absolute atomic E-state index is 14.0. The second-order valence-electron chi connectivity index (χ2n) is 11.3. The number of benzene rings is 2. The summed E-state index contributed by atoms with van der Waals surface area (Å²) >= 11 is 1.66. The molecular weight excluding hydrogens is 574 g/mol. The Morgan fingerprint density at radius 3 is 2.34 bits per heavy atom. The van der Waals surface area contributed by atoms with E-state index in [1.54, 1.807) is 42.6 Å². The SMILES string of the molecule is CCCCOc1ccc(C(=O)N(CCN2CCCC2)CC(=O)N(CCc2ccc(OC)c(OC)c2)Cc2sccc2C)cc1. The van der Waals surface area contributed by atoms with Gasteiger partial charge in [0.2, 0.25) is 5.91 Å². The zero-order valence-corrected chi connectivity index (χ0v) is 27.5. The minimum atomic E-state index is -0.134. The number of hydrogen-bond acceptors (Lipinski definition) is 7. The number of ether oxygens (including phenoxy) is 3. The number of amides is 2. The van der Waals surface area contributed by atoms with Crippen LogP contribution < -0.4 is 14.2 Å². The Morgan fingerprint density at radius 1 is 0.932 bits per heavy atom. The number of methoxy groups -OCH3 is 2. The van der Waals surface area contributed by atoms with Crippen molar-refractivity contribution in [3.8, 4) is 17.2 Å². The number of thiophene rings is 1. The quantitative estimate of drug-likeness (QED) is 0.171. The van der Waals surface area contributed by atoms with Crippen LogP contribution in [-0.2, 0) is 17.8 Å². The molecule has 8 nitrogen and oxygen atoms in total. The lowest BCUT2D eigenvalue weighted by atomic mass is 10.1. The number of likely N-dealkylation sites (tertiary alicyclic amines) is 1. The average molecular weight is 622 g/mol. The van der Waals surface area contributed by atoms with E-state index in [-0.39, 0.29) is 18.4 Å². The van der Waals surface area contributed by atoms with Gasteiger partial charge in [-0.2, -0.15) is 0 Å². The predicted octanol–water partition coefficient (Wildman–Crippen LogP) is 6.06.